The second kappa shape index (κ2) is 8.70. The molecule has 9 heteroatoms. The minimum atomic E-state index is -0.691. The zero-order valence-electron chi connectivity index (χ0n) is 16.8. The molecule has 4 rings (SSSR count). The Morgan fingerprint density at radius 1 is 1.16 bits per heavy atom. The van der Waals surface area contributed by atoms with E-state index in [0.29, 0.717) is 28.7 Å². The fourth-order valence-corrected chi connectivity index (χ4v) is 2.89. The summed E-state index contributed by atoms with van der Waals surface area (Å²) >= 11 is 0. The third kappa shape index (κ3) is 4.55. The summed E-state index contributed by atoms with van der Waals surface area (Å²) in [7, 11) is 0. The predicted octanol–water partition coefficient (Wildman–Crippen LogP) is 3.83. The number of aromatic nitrogens is 5. The zero-order valence-corrected chi connectivity index (χ0v) is 16.8. The first kappa shape index (κ1) is 20.1. The van der Waals surface area contributed by atoms with E-state index in [2.05, 4.69) is 20.5 Å². The molecule has 0 N–H and O–H groups in total. The van der Waals surface area contributed by atoms with Gasteiger partial charge in [-0.1, -0.05) is 30.3 Å². The van der Waals surface area contributed by atoms with Crippen molar-refractivity contribution >= 4 is 17.7 Å². The molecule has 2 aromatic heterocycles. The molecule has 0 unspecified atom stereocenters. The largest absolute Gasteiger partial charge is 0.454 e. The van der Waals surface area contributed by atoms with Gasteiger partial charge in [0.2, 0.25) is 5.89 Å². The molecule has 2 aromatic carbocycles. The molecule has 0 bridgehead atoms. The van der Waals surface area contributed by atoms with Crippen LogP contribution < -0.4 is 0 Å². The fraction of sp³-hybridized carbons (Fsp3) is 0.136. The number of esters is 1. The van der Waals surface area contributed by atoms with Gasteiger partial charge >= 0.3 is 5.97 Å². The Kier molecular flexibility index (Phi) is 5.65. The van der Waals surface area contributed by atoms with Gasteiger partial charge in [-0.25, -0.2) is 14.2 Å². The van der Waals surface area contributed by atoms with Gasteiger partial charge in [0.05, 0.1) is 0 Å². The monoisotopic (exact) mass is 419 g/mol. The maximum atomic E-state index is 13.6. The van der Waals surface area contributed by atoms with Gasteiger partial charge in [-0.2, -0.15) is 4.68 Å². The summed E-state index contributed by atoms with van der Waals surface area (Å²) in [4.78, 5) is 17.3. The average Bonchev–Trinajstić information content (AvgIpc) is 3.36. The lowest BCUT2D eigenvalue weighted by atomic mass is 10.2. The van der Waals surface area contributed by atoms with E-state index in [0.717, 1.165) is 5.56 Å². The van der Waals surface area contributed by atoms with Crippen molar-refractivity contribution in [2.24, 2.45) is 0 Å². The molecular formula is C22H18FN5O3. The highest BCUT2D eigenvalue weighted by Gasteiger charge is 2.20. The van der Waals surface area contributed by atoms with E-state index in [-0.39, 0.29) is 12.3 Å². The van der Waals surface area contributed by atoms with Gasteiger partial charge in [-0.05, 0) is 60.2 Å². The lowest BCUT2D eigenvalue weighted by molar-refractivity contribution is -0.138. The van der Waals surface area contributed by atoms with Gasteiger partial charge in [0.15, 0.2) is 11.5 Å². The van der Waals surface area contributed by atoms with Crippen LogP contribution in [0.5, 0.6) is 0 Å². The average molecular weight is 419 g/mol. The summed E-state index contributed by atoms with van der Waals surface area (Å²) in [5, 5.41) is 11.2. The van der Waals surface area contributed by atoms with Crippen molar-refractivity contribution in [2.75, 3.05) is 0 Å². The highest BCUT2D eigenvalue weighted by Crippen LogP contribution is 2.22. The number of tetrazole rings is 1. The van der Waals surface area contributed by atoms with Gasteiger partial charge in [0.25, 0.3) is 0 Å². The molecule has 0 saturated carbocycles. The van der Waals surface area contributed by atoms with E-state index in [9.17, 15) is 9.18 Å². The molecule has 31 heavy (non-hydrogen) atoms. The van der Waals surface area contributed by atoms with Gasteiger partial charge in [0.1, 0.15) is 23.9 Å². The summed E-state index contributed by atoms with van der Waals surface area (Å²) in [6, 6.07) is 15.2. The number of carbonyl (C=O) groups excluding carboxylic acids is 1. The highest BCUT2D eigenvalue weighted by molar-refractivity contribution is 6.15. The molecule has 2 heterocycles. The maximum absolute atomic E-state index is 13.6. The van der Waals surface area contributed by atoms with Crippen LogP contribution in [0.4, 0.5) is 4.39 Å². The SMILES string of the molecule is Cc1oc(-c2ccccc2)nc1COC(=O)/C(=C/c1cccc(F)c1)n1nnnc1C. The standard InChI is InChI=1S/C22H18FN5O3/c1-14-19(24-21(31-14)17-8-4-3-5-9-17)13-30-22(29)20(28-15(2)25-26-27-28)12-16-7-6-10-18(23)11-16/h3-12H,13H2,1-2H3/b20-12-. The van der Waals surface area contributed by atoms with Crippen LogP contribution >= 0.6 is 0 Å². The van der Waals surface area contributed by atoms with Crippen LogP contribution in [0.1, 0.15) is 22.8 Å². The van der Waals surface area contributed by atoms with Crippen LogP contribution in [0.15, 0.2) is 59.0 Å². The Labute approximate surface area is 177 Å². The number of nitrogens with zero attached hydrogens (tertiary/aromatic N) is 5. The summed E-state index contributed by atoms with van der Waals surface area (Å²) in [5.74, 6) is 0.241. The first-order valence-corrected chi connectivity index (χ1v) is 9.43. The summed E-state index contributed by atoms with van der Waals surface area (Å²) in [6.07, 6.45) is 1.46. The molecule has 4 aromatic rings. The first-order valence-electron chi connectivity index (χ1n) is 9.43. The molecule has 0 aliphatic rings. The highest BCUT2D eigenvalue weighted by atomic mass is 19.1. The zero-order chi connectivity index (χ0) is 21.8. The van der Waals surface area contributed by atoms with Crippen LogP contribution in [0.3, 0.4) is 0 Å². The van der Waals surface area contributed by atoms with Crippen LogP contribution in [0.2, 0.25) is 0 Å². The molecule has 0 radical (unpaired) electrons. The van der Waals surface area contributed by atoms with E-state index in [1.54, 1.807) is 26.0 Å². The molecule has 0 atom stereocenters. The molecule has 0 amide bonds. The molecular weight excluding hydrogens is 401 g/mol. The van der Waals surface area contributed by atoms with Crippen molar-refractivity contribution < 1.29 is 18.3 Å². The molecule has 156 valence electrons. The van der Waals surface area contributed by atoms with E-state index in [4.69, 9.17) is 9.15 Å². The van der Waals surface area contributed by atoms with Gasteiger partial charge in [-0.15, -0.1) is 5.10 Å². The number of benzene rings is 2. The number of aryl methyl sites for hydroxylation is 2. The Balaban J connectivity index is 1.58. The number of hydrogen-bond donors (Lipinski definition) is 0. The maximum Gasteiger partial charge on any atom is 0.357 e. The van der Waals surface area contributed by atoms with Crippen LogP contribution in [0, 0.1) is 19.7 Å². The Morgan fingerprint density at radius 3 is 2.68 bits per heavy atom. The number of halogens is 1. The number of oxazole rings is 1. The second-order valence-electron chi connectivity index (χ2n) is 6.69. The van der Waals surface area contributed by atoms with Crippen LogP contribution in [-0.2, 0) is 16.1 Å². The quantitative estimate of drug-likeness (QED) is 0.346. The summed E-state index contributed by atoms with van der Waals surface area (Å²) in [6.45, 7) is 3.28. The van der Waals surface area contributed by atoms with Crippen LogP contribution in [0.25, 0.3) is 23.2 Å². The molecule has 0 aliphatic carbocycles. The minimum absolute atomic E-state index is 0.0394. The lowest BCUT2D eigenvalue weighted by Crippen LogP contribution is -2.15. The van der Waals surface area contributed by atoms with Gasteiger partial charge < -0.3 is 9.15 Å². The first-order chi connectivity index (χ1) is 15.0. The number of carbonyl (C=O) groups is 1. The lowest BCUT2D eigenvalue weighted by Gasteiger charge is -2.08. The van der Waals surface area contributed by atoms with Crippen molar-refractivity contribution in [3.63, 3.8) is 0 Å². The smallest absolute Gasteiger partial charge is 0.357 e. The van der Waals surface area contributed by atoms with E-state index >= 15 is 0 Å². The van der Waals surface area contributed by atoms with Gasteiger partial charge in [-0.3, -0.25) is 0 Å². The van der Waals surface area contributed by atoms with E-state index in [1.807, 2.05) is 30.3 Å². The molecule has 0 aliphatic heterocycles. The third-order valence-electron chi connectivity index (χ3n) is 4.47. The fourth-order valence-electron chi connectivity index (χ4n) is 2.89. The molecule has 0 fully saturated rings. The van der Waals surface area contributed by atoms with Crippen molar-refractivity contribution in [2.45, 2.75) is 20.5 Å². The van der Waals surface area contributed by atoms with Crippen molar-refractivity contribution in [3.8, 4) is 11.5 Å². The Morgan fingerprint density at radius 2 is 1.97 bits per heavy atom. The Bertz CT molecular complexity index is 1250. The summed E-state index contributed by atoms with van der Waals surface area (Å²) in [5.41, 5.74) is 1.81. The molecule has 0 saturated heterocycles. The molecule has 0 spiro atoms. The number of ether oxygens (including phenoxy) is 1. The summed E-state index contributed by atoms with van der Waals surface area (Å²) < 4.78 is 26.0. The van der Waals surface area contributed by atoms with Gasteiger partial charge in [0, 0.05) is 5.56 Å². The Hall–Kier alpha value is -4.14. The normalized spacial score (nSPS) is 11.5. The van der Waals surface area contributed by atoms with E-state index < -0.39 is 11.8 Å². The molecule has 8 nitrogen and oxygen atoms in total. The third-order valence-corrected chi connectivity index (χ3v) is 4.47. The minimum Gasteiger partial charge on any atom is -0.454 e. The second-order valence-corrected chi connectivity index (χ2v) is 6.69. The number of hydrogen-bond acceptors (Lipinski definition) is 7. The predicted molar refractivity (Wildman–Crippen MR) is 110 cm³/mol. The van der Waals surface area contributed by atoms with Crippen molar-refractivity contribution in [3.05, 3.63) is 83.3 Å². The number of rotatable bonds is 6. The van der Waals surface area contributed by atoms with Crippen molar-refractivity contribution in [1.82, 2.24) is 25.2 Å². The van der Waals surface area contributed by atoms with Crippen molar-refractivity contribution in [1.29, 1.82) is 0 Å². The topological polar surface area (TPSA) is 95.9 Å². The van der Waals surface area contributed by atoms with Crippen LogP contribution in [-0.4, -0.2) is 31.2 Å². The van der Waals surface area contributed by atoms with E-state index in [1.165, 1.54) is 22.9 Å².